The van der Waals surface area contributed by atoms with Crippen LogP contribution in [-0.4, -0.2) is 45.9 Å². The predicted molar refractivity (Wildman–Crippen MR) is 54.8 cm³/mol. The van der Waals surface area contributed by atoms with Crippen LogP contribution in [0.15, 0.2) is 0 Å². The first-order valence-electron chi connectivity index (χ1n) is 4.90. The highest BCUT2D eigenvalue weighted by molar-refractivity contribution is 7.89. The van der Waals surface area contributed by atoms with E-state index >= 15 is 0 Å². The number of ether oxygens (including phenoxy) is 1. The molecule has 6 nitrogen and oxygen atoms in total. The second-order valence-corrected chi connectivity index (χ2v) is 5.22. The summed E-state index contributed by atoms with van der Waals surface area (Å²) in [6, 6.07) is -0.0304. The summed E-state index contributed by atoms with van der Waals surface area (Å²) in [7, 11) is -3.35. The van der Waals surface area contributed by atoms with E-state index < -0.39 is 16.0 Å². The van der Waals surface area contributed by atoms with Gasteiger partial charge in [0.15, 0.2) is 0 Å². The third kappa shape index (κ3) is 4.59. The molecule has 0 aromatic carbocycles. The summed E-state index contributed by atoms with van der Waals surface area (Å²) in [6.45, 7) is 3.26. The van der Waals surface area contributed by atoms with Gasteiger partial charge in [-0.25, -0.2) is 13.1 Å². The summed E-state index contributed by atoms with van der Waals surface area (Å²) in [5.74, 6) is -0.683. The highest BCUT2D eigenvalue weighted by Gasteiger charge is 2.23. The van der Waals surface area contributed by atoms with E-state index in [0.29, 0.717) is 13.1 Å². The minimum Gasteiger partial charge on any atom is -0.466 e. The van der Waals surface area contributed by atoms with Crippen molar-refractivity contribution in [2.24, 2.45) is 0 Å². The van der Waals surface area contributed by atoms with Gasteiger partial charge in [-0.1, -0.05) is 0 Å². The van der Waals surface area contributed by atoms with Crippen molar-refractivity contribution in [3.8, 4) is 0 Å². The lowest BCUT2D eigenvalue weighted by Crippen LogP contribution is -2.57. The van der Waals surface area contributed by atoms with E-state index in [0.717, 1.165) is 0 Å². The summed E-state index contributed by atoms with van der Waals surface area (Å²) in [6.07, 6.45) is -0.0939. The molecule has 1 saturated heterocycles. The highest BCUT2D eigenvalue weighted by Crippen LogP contribution is 1.98. The smallest absolute Gasteiger partial charge is 0.306 e. The van der Waals surface area contributed by atoms with E-state index in [-0.39, 0.29) is 24.8 Å². The quantitative estimate of drug-likeness (QED) is 0.568. The van der Waals surface area contributed by atoms with Crippen LogP contribution in [0.4, 0.5) is 0 Å². The Kier molecular flexibility index (Phi) is 4.49. The maximum Gasteiger partial charge on any atom is 0.306 e. The molecule has 88 valence electrons. The summed E-state index contributed by atoms with van der Waals surface area (Å²) in [4.78, 5) is 10.9. The standard InChI is InChI=1S/C8H16N2O4S/c1-2-14-8(11)3-4-15(12,13)10-7-5-9-6-7/h7,9-10H,2-6H2,1H3. The maximum absolute atomic E-state index is 11.4. The Hall–Kier alpha value is -0.660. The molecule has 15 heavy (non-hydrogen) atoms. The second-order valence-electron chi connectivity index (χ2n) is 3.35. The van der Waals surface area contributed by atoms with Crippen LogP contribution in [0.1, 0.15) is 13.3 Å². The minimum absolute atomic E-state index is 0.0304. The number of nitrogens with one attached hydrogen (secondary N) is 2. The largest absolute Gasteiger partial charge is 0.466 e. The van der Waals surface area contributed by atoms with Crippen LogP contribution in [0.5, 0.6) is 0 Å². The fraction of sp³-hybridized carbons (Fsp3) is 0.875. The first kappa shape index (κ1) is 12.4. The number of carbonyl (C=O) groups is 1. The first-order chi connectivity index (χ1) is 7.03. The molecule has 0 atom stereocenters. The molecule has 0 spiro atoms. The van der Waals surface area contributed by atoms with Crippen LogP contribution in [0.2, 0.25) is 0 Å². The average Bonchev–Trinajstić information content (AvgIpc) is 2.10. The van der Waals surface area contributed by atoms with Crippen LogP contribution in [0.25, 0.3) is 0 Å². The Labute approximate surface area is 89.4 Å². The lowest BCUT2D eigenvalue weighted by atomic mass is 10.2. The molecule has 1 heterocycles. The molecule has 0 aromatic rings. The van der Waals surface area contributed by atoms with E-state index in [4.69, 9.17) is 0 Å². The second kappa shape index (κ2) is 5.43. The summed E-state index contributed by atoms with van der Waals surface area (Å²) in [5.41, 5.74) is 0. The Balaban J connectivity index is 2.26. The number of hydrogen-bond acceptors (Lipinski definition) is 5. The van der Waals surface area contributed by atoms with Crippen molar-refractivity contribution in [2.45, 2.75) is 19.4 Å². The monoisotopic (exact) mass is 236 g/mol. The van der Waals surface area contributed by atoms with Gasteiger partial charge in [-0.2, -0.15) is 0 Å². The van der Waals surface area contributed by atoms with Crippen LogP contribution in [0, 0.1) is 0 Å². The van der Waals surface area contributed by atoms with Gasteiger partial charge in [-0.15, -0.1) is 0 Å². The summed E-state index contributed by atoms with van der Waals surface area (Å²) in [5, 5.41) is 2.95. The molecule has 1 aliphatic heterocycles. The van der Waals surface area contributed by atoms with E-state index in [9.17, 15) is 13.2 Å². The van der Waals surface area contributed by atoms with E-state index in [2.05, 4.69) is 14.8 Å². The van der Waals surface area contributed by atoms with Crippen molar-refractivity contribution in [3.05, 3.63) is 0 Å². The van der Waals surface area contributed by atoms with Crippen LogP contribution < -0.4 is 10.0 Å². The average molecular weight is 236 g/mol. The molecule has 0 aliphatic carbocycles. The van der Waals surface area contributed by atoms with Gasteiger partial charge < -0.3 is 10.1 Å². The van der Waals surface area contributed by atoms with E-state index in [1.807, 2.05) is 0 Å². The topological polar surface area (TPSA) is 84.5 Å². The molecule has 0 aromatic heterocycles. The Morgan fingerprint density at radius 2 is 2.20 bits per heavy atom. The van der Waals surface area contributed by atoms with Gasteiger partial charge in [-0.05, 0) is 6.92 Å². The van der Waals surface area contributed by atoms with E-state index in [1.165, 1.54) is 0 Å². The molecule has 2 N–H and O–H groups in total. The molecule has 0 bridgehead atoms. The van der Waals surface area contributed by atoms with Crippen molar-refractivity contribution in [1.82, 2.24) is 10.0 Å². The lowest BCUT2D eigenvalue weighted by molar-refractivity contribution is -0.142. The zero-order valence-corrected chi connectivity index (χ0v) is 9.47. The fourth-order valence-electron chi connectivity index (χ4n) is 1.14. The molecular formula is C8H16N2O4S. The molecule has 0 unspecified atom stereocenters. The maximum atomic E-state index is 11.4. The number of sulfonamides is 1. The Morgan fingerprint density at radius 1 is 1.53 bits per heavy atom. The minimum atomic E-state index is -3.35. The zero-order valence-electron chi connectivity index (χ0n) is 8.65. The normalized spacial score (nSPS) is 17.1. The molecule has 7 heteroatoms. The van der Waals surface area contributed by atoms with Gasteiger partial charge in [0.1, 0.15) is 0 Å². The number of hydrogen-bond donors (Lipinski definition) is 2. The SMILES string of the molecule is CCOC(=O)CCS(=O)(=O)NC1CNC1. The Morgan fingerprint density at radius 3 is 2.67 bits per heavy atom. The van der Waals surface area contributed by atoms with Gasteiger partial charge in [0, 0.05) is 19.1 Å². The first-order valence-corrected chi connectivity index (χ1v) is 6.55. The van der Waals surface area contributed by atoms with Gasteiger partial charge >= 0.3 is 5.97 Å². The van der Waals surface area contributed by atoms with Gasteiger partial charge in [0.25, 0.3) is 0 Å². The van der Waals surface area contributed by atoms with E-state index in [1.54, 1.807) is 6.92 Å². The molecular weight excluding hydrogens is 220 g/mol. The summed E-state index contributed by atoms with van der Waals surface area (Å²) >= 11 is 0. The van der Waals surface area contributed by atoms with Crippen molar-refractivity contribution in [1.29, 1.82) is 0 Å². The fourth-order valence-corrected chi connectivity index (χ4v) is 2.36. The van der Waals surface area contributed by atoms with Crippen LogP contribution in [0.3, 0.4) is 0 Å². The zero-order chi connectivity index (χ0) is 11.3. The van der Waals surface area contributed by atoms with Gasteiger partial charge in [0.05, 0.1) is 18.8 Å². The third-order valence-electron chi connectivity index (χ3n) is 2.01. The number of carbonyl (C=O) groups excluding carboxylic acids is 1. The molecule has 0 radical (unpaired) electrons. The molecule has 1 rings (SSSR count). The number of rotatable bonds is 6. The van der Waals surface area contributed by atoms with Gasteiger partial charge in [0.2, 0.25) is 10.0 Å². The van der Waals surface area contributed by atoms with Crippen molar-refractivity contribution in [2.75, 3.05) is 25.4 Å². The predicted octanol–water partition coefficient (Wildman–Crippen LogP) is -1.17. The van der Waals surface area contributed by atoms with Crippen molar-refractivity contribution in [3.63, 3.8) is 0 Å². The molecule has 1 aliphatic rings. The summed E-state index contributed by atoms with van der Waals surface area (Å²) < 4.78 is 29.9. The lowest BCUT2D eigenvalue weighted by Gasteiger charge is -2.27. The van der Waals surface area contributed by atoms with Crippen LogP contribution >= 0.6 is 0 Å². The molecule has 1 fully saturated rings. The van der Waals surface area contributed by atoms with Crippen molar-refractivity contribution >= 4 is 16.0 Å². The van der Waals surface area contributed by atoms with Crippen molar-refractivity contribution < 1.29 is 17.9 Å². The van der Waals surface area contributed by atoms with Gasteiger partial charge in [-0.3, -0.25) is 4.79 Å². The number of esters is 1. The Bertz CT molecular complexity index is 311. The van der Waals surface area contributed by atoms with Crippen LogP contribution in [-0.2, 0) is 19.6 Å². The molecule has 0 amide bonds. The third-order valence-corrected chi connectivity index (χ3v) is 3.44. The molecule has 0 saturated carbocycles. The highest BCUT2D eigenvalue weighted by atomic mass is 32.2.